The molecule has 0 amide bonds. The first-order valence-corrected chi connectivity index (χ1v) is 6.78. The molecule has 0 saturated heterocycles. The summed E-state index contributed by atoms with van der Waals surface area (Å²) in [4.78, 5) is 0. The number of nitrogens with one attached hydrogen (secondary N) is 1. The van der Waals surface area contributed by atoms with E-state index in [1.54, 1.807) is 0 Å². The maximum absolute atomic E-state index is 10.9. The molecule has 92 valence electrons. The van der Waals surface area contributed by atoms with Gasteiger partial charge in [0.1, 0.15) is 5.60 Å². The summed E-state index contributed by atoms with van der Waals surface area (Å²) < 4.78 is 0. The first-order valence-electron chi connectivity index (χ1n) is 6.40. The van der Waals surface area contributed by atoms with Gasteiger partial charge in [-0.05, 0) is 49.3 Å². The van der Waals surface area contributed by atoms with Crippen LogP contribution in [0.3, 0.4) is 0 Å². The molecule has 1 aromatic carbocycles. The molecule has 3 rings (SSSR count). The van der Waals surface area contributed by atoms with Gasteiger partial charge in [-0.1, -0.05) is 23.7 Å². The molecule has 2 N–H and O–H groups in total. The highest BCUT2D eigenvalue weighted by Gasteiger charge is 2.45. The summed E-state index contributed by atoms with van der Waals surface area (Å²) in [6.45, 7) is 0.671. The quantitative estimate of drug-likeness (QED) is 0.843. The average molecular weight is 252 g/mol. The van der Waals surface area contributed by atoms with Gasteiger partial charge in [0.2, 0.25) is 0 Å². The van der Waals surface area contributed by atoms with Crippen LogP contribution in [-0.2, 0) is 5.60 Å². The number of halogens is 1. The van der Waals surface area contributed by atoms with Crippen molar-refractivity contribution in [2.24, 2.45) is 5.92 Å². The Balaban J connectivity index is 1.79. The molecule has 17 heavy (non-hydrogen) atoms. The molecule has 0 aliphatic heterocycles. The van der Waals surface area contributed by atoms with E-state index in [9.17, 15) is 5.11 Å². The molecular weight excluding hydrogens is 234 g/mol. The Morgan fingerprint density at radius 2 is 1.82 bits per heavy atom. The van der Waals surface area contributed by atoms with E-state index >= 15 is 0 Å². The van der Waals surface area contributed by atoms with Crippen LogP contribution in [0.15, 0.2) is 24.3 Å². The van der Waals surface area contributed by atoms with Gasteiger partial charge in [-0.15, -0.1) is 0 Å². The third-order valence-corrected chi connectivity index (χ3v) is 4.09. The Morgan fingerprint density at radius 3 is 2.35 bits per heavy atom. The van der Waals surface area contributed by atoms with Gasteiger partial charge in [0.25, 0.3) is 0 Å². The van der Waals surface area contributed by atoms with Crippen molar-refractivity contribution in [2.75, 3.05) is 6.54 Å². The van der Waals surface area contributed by atoms with E-state index in [1.165, 1.54) is 12.8 Å². The standard InChI is InChI=1S/C14H18ClNO/c15-12-5-3-11(4-6-12)14(17,10-1-2-10)9-16-13-7-8-13/h3-6,10,13,16-17H,1-2,7-9H2. The molecule has 2 fully saturated rings. The molecule has 0 bridgehead atoms. The third kappa shape index (κ3) is 2.49. The van der Waals surface area contributed by atoms with E-state index in [1.807, 2.05) is 24.3 Å². The van der Waals surface area contributed by atoms with Crippen LogP contribution < -0.4 is 5.32 Å². The summed E-state index contributed by atoms with van der Waals surface area (Å²) in [6, 6.07) is 8.26. The normalized spacial score (nSPS) is 23.4. The van der Waals surface area contributed by atoms with E-state index < -0.39 is 5.60 Å². The number of benzene rings is 1. The Morgan fingerprint density at radius 1 is 1.18 bits per heavy atom. The predicted molar refractivity (Wildman–Crippen MR) is 69.1 cm³/mol. The third-order valence-electron chi connectivity index (χ3n) is 3.83. The lowest BCUT2D eigenvalue weighted by atomic mass is 9.88. The highest BCUT2D eigenvalue weighted by atomic mass is 35.5. The number of rotatable bonds is 5. The summed E-state index contributed by atoms with van der Waals surface area (Å²) in [7, 11) is 0. The van der Waals surface area contributed by atoms with Gasteiger partial charge < -0.3 is 10.4 Å². The Bertz CT molecular complexity index is 397. The molecule has 0 radical (unpaired) electrons. The molecule has 1 atom stereocenters. The van der Waals surface area contributed by atoms with E-state index in [0.717, 1.165) is 23.4 Å². The number of hydrogen-bond acceptors (Lipinski definition) is 2. The zero-order valence-electron chi connectivity index (χ0n) is 9.82. The second kappa shape index (κ2) is 4.27. The molecule has 2 aliphatic rings. The fraction of sp³-hybridized carbons (Fsp3) is 0.571. The second-order valence-corrected chi connectivity index (χ2v) is 5.80. The second-order valence-electron chi connectivity index (χ2n) is 5.36. The first-order chi connectivity index (χ1) is 8.18. The molecule has 2 aliphatic carbocycles. The van der Waals surface area contributed by atoms with Crippen molar-refractivity contribution >= 4 is 11.6 Å². The minimum Gasteiger partial charge on any atom is -0.384 e. The van der Waals surface area contributed by atoms with Crippen molar-refractivity contribution in [1.29, 1.82) is 0 Å². The van der Waals surface area contributed by atoms with E-state index in [-0.39, 0.29) is 0 Å². The van der Waals surface area contributed by atoms with Gasteiger partial charge in [0.15, 0.2) is 0 Å². The van der Waals surface area contributed by atoms with Crippen LogP contribution in [0.25, 0.3) is 0 Å². The summed E-state index contributed by atoms with van der Waals surface area (Å²) in [5, 5.41) is 15.1. The van der Waals surface area contributed by atoms with Crippen molar-refractivity contribution in [2.45, 2.75) is 37.3 Å². The van der Waals surface area contributed by atoms with E-state index in [2.05, 4.69) is 5.32 Å². The lowest BCUT2D eigenvalue weighted by Crippen LogP contribution is -2.40. The van der Waals surface area contributed by atoms with Crippen LogP contribution in [0.5, 0.6) is 0 Å². The monoisotopic (exact) mass is 251 g/mol. The van der Waals surface area contributed by atoms with Crippen molar-refractivity contribution in [3.05, 3.63) is 34.9 Å². The molecule has 3 heteroatoms. The molecule has 1 aromatic rings. The largest absolute Gasteiger partial charge is 0.384 e. The molecule has 1 unspecified atom stereocenters. The molecule has 2 nitrogen and oxygen atoms in total. The Kier molecular flexibility index (Phi) is 2.89. The smallest absolute Gasteiger partial charge is 0.105 e. The van der Waals surface area contributed by atoms with Crippen molar-refractivity contribution < 1.29 is 5.11 Å². The molecule has 2 saturated carbocycles. The molecular formula is C14H18ClNO. The lowest BCUT2D eigenvalue weighted by Gasteiger charge is -2.29. The number of hydrogen-bond donors (Lipinski definition) is 2. The molecule has 0 spiro atoms. The topological polar surface area (TPSA) is 32.3 Å². The fourth-order valence-corrected chi connectivity index (χ4v) is 2.49. The predicted octanol–water partition coefficient (Wildman–Crippen LogP) is 2.69. The van der Waals surface area contributed by atoms with Crippen LogP contribution in [0.2, 0.25) is 5.02 Å². The van der Waals surface area contributed by atoms with Gasteiger partial charge in [0.05, 0.1) is 0 Å². The van der Waals surface area contributed by atoms with Crippen molar-refractivity contribution in [3.63, 3.8) is 0 Å². The average Bonchev–Trinajstić information content (AvgIpc) is 3.18. The van der Waals surface area contributed by atoms with Crippen molar-refractivity contribution in [3.8, 4) is 0 Å². The molecule has 0 aromatic heterocycles. The summed E-state index contributed by atoms with van der Waals surface area (Å²) in [5.74, 6) is 0.412. The Hall–Kier alpha value is -0.570. The highest BCUT2D eigenvalue weighted by molar-refractivity contribution is 6.30. The van der Waals surface area contributed by atoms with Gasteiger partial charge in [-0.25, -0.2) is 0 Å². The number of aliphatic hydroxyl groups is 1. The SMILES string of the molecule is OC(CNC1CC1)(c1ccc(Cl)cc1)C1CC1. The first kappa shape index (κ1) is 11.5. The molecule has 0 heterocycles. The highest BCUT2D eigenvalue weighted by Crippen LogP contribution is 2.45. The zero-order valence-corrected chi connectivity index (χ0v) is 10.6. The van der Waals surface area contributed by atoms with Crippen LogP contribution in [-0.4, -0.2) is 17.7 Å². The van der Waals surface area contributed by atoms with E-state index in [0.29, 0.717) is 18.5 Å². The summed E-state index contributed by atoms with van der Waals surface area (Å²) in [5.41, 5.74) is 0.297. The van der Waals surface area contributed by atoms with Crippen molar-refractivity contribution in [1.82, 2.24) is 5.32 Å². The Labute approximate surface area is 107 Å². The zero-order chi connectivity index (χ0) is 11.9. The van der Waals surface area contributed by atoms with Gasteiger partial charge in [0, 0.05) is 17.6 Å². The van der Waals surface area contributed by atoms with Gasteiger partial charge in [-0.3, -0.25) is 0 Å². The van der Waals surface area contributed by atoms with Crippen LogP contribution >= 0.6 is 11.6 Å². The van der Waals surface area contributed by atoms with Gasteiger partial charge in [-0.2, -0.15) is 0 Å². The maximum atomic E-state index is 10.9. The van der Waals surface area contributed by atoms with Crippen LogP contribution in [0.1, 0.15) is 31.2 Å². The van der Waals surface area contributed by atoms with Crippen LogP contribution in [0, 0.1) is 5.92 Å². The minimum atomic E-state index is -0.701. The summed E-state index contributed by atoms with van der Waals surface area (Å²) >= 11 is 5.90. The lowest BCUT2D eigenvalue weighted by molar-refractivity contribution is 0.0131. The maximum Gasteiger partial charge on any atom is 0.105 e. The van der Waals surface area contributed by atoms with Gasteiger partial charge >= 0.3 is 0 Å². The minimum absolute atomic E-state index is 0.412. The summed E-state index contributed by atoms with van der Waals surface area (Å²) in [6.07, 6.45) is 4.76. The van der Waals surface area contributed by atoms with E-state index in [4.69, 9.17) is 11.6 Å². The van der Waals surface area contributed by atoms with Crippen LogP contribution in [0.4, 0.5) is 0 Å². The fourth-order valence-electron chi connectivity index (χ4n) is 2.37.